The summed E-state index contributed by atoms with van der Waals surface area (Å²) in [7, 11) is 0. The van der Waals surface area contributed by atoms with Gasteiger partial charge in [-0.15, -0.1) is 0 Å². The van der Waals surface area contributed by atoms with Crippen LogP contribution in [0, 0.1) is 11.7 Å². The maximum atomic E-state index is 14.3. The van der Waals surface area contributed by atoms with E-state index >= 15 is 0 Å². The van der Waals surface area contributed by atoms with Crippen molar-refractivity contribution in [1.29, 1.82) is 0 Å². The Balaban J connectivity index is 1.69. The number of hydrogen-bond donors (Lipinski definition) is 1. The molecule has 0 saturated heterocycles. The molecule has 1 aromatic rings. The van der Waals surface area contributed by atoms with E-state index in [1.165, 1.54) is 24.5 Å². The van der Waals surface area contributed by atoms with Crippen molar-refractivity contribution in [3.05, 3.63) is 71.3 Å². The smallest absolute Gasteiger partial charge is 0.303 e. The van der Waals surface area contributed by atoms with Crippen LogP contribution in [0.5, 0.6) is 0 Å². The van der Waals surface area contributed by atoms with E-state index in [1.54, 1.807) is 6.07 Å². The zero-order valence-electron chi connectivity index (χ0n) is 17.8. The molecule has 2 aliphatic rings. The zero-order valence-corrected chi connectivity index (χ0v) is 17.8. The predicted molar refractivity (Wildman–Crippen MR) is 117 cm³/mol. The highest BCUT2D eigenvalue weighted by atomic mass is 19.1. The number of hydrogen-bond acceptors (Lipinski definition) is 3. The Bertz CT molecular complexity index is 826. The molecule has 1 aromatic carbocycles. The molecule has 1 fully saturated rings. The molecule has 1 atom stereocenters. The molecule has 30 heavy (non-hydrogen) atoms. The van der Waals surface area contributed by atoms with Crippen LogP contribution < -0.4 is 0 Å². The summed E-state index contributed by atoms with van der Waals surface area (Å²) in [5.41, 5.74) is 2.40. The van der Waals surface area contributed by atoms with E-state index in [-0.39, 0.29) is 31.3 Å². The lowest BCUT2D eigenvalue weighted by atomic mass is 10.1. The molecule has 3 rings (SSSR count). The molecule has 0 bridgehead atoms. The molecular formula is C25H32FNO3. The van der Waals surface area contributed by atoms with Crippen molar-refractivity contribution in [3.63, 3.8) is 0 Å². The Kier molecular flexibility index (Phi) is 7.86. The number of allylic oxidation sites excluding steroid dienone is 3. The number of benzene rings is 1. The lowest BCUT2D eigenvalue weighted by Crippen LogP contribution is -2.37. The van der Waals surface area contributed by atoms with Gasteiger partial charge in [0.05, 0.1) is 6.04 Å². The Morgan fingerprint density at radius 1 is 1.40 bits per heavy atom. The maximum Gasteiger partial charge on any atom is 0.303 e. The van der Waals surface area contributed by atoms with Crippen LogP contribution in [0.2, 0.25) is 0 Å². The number of aliphatic carboxylic acids is 1. The molecule has 4 nitrogen and oxygen atoms in total. The molecule has 1 N–H and O–H groups in total. The van der Waals surface area contributed by atoms with E-state index in [4.69, 9.17) is 9.84 Å². The maximum absolute atomic E-state index is 14.3. The lowest BCUT2D eigenvalue weighted by Gasteiger charge is -2.30. The number of carbonyl (C=O) groups is 1. The fourth-order valence-electron chi connectivity index (χ4n) is 3.92. The number of halogens is 1. The second-order valence-electron chi connectivity index (χ2n) is 8.23. The number of carboxylic acid groups (broad SMARTS) is 1. The van der Waals surface area contributed by atoms with Gasteiger partial charge in [-0.05, 0) is 74.8 Å². The molecular weight excluding hydrogens is 381 g/mol. The summed E-state index contributed by atoms with van der Waals surface area (Å²) in [6.07, 6.45) is 11.1. The first-order chi connectivity index (χ1) is 14.5. The van der Waals surface area contributed by atoms with Crippen LogP contribution in [0.25, 0.3) is 0 Å². The summed E-state index contributed by atoms with van der Waals surface area (Å²) >= 11 is 0. The lowest BCUT2D eigenvalue weighted by molar-refractivity contribution is -0.136. The second-order valence-corrected chi connectivity index (χ2v) is 8.23. The van der Waals surface area contributed by atoms with E-state index in [9.17, 15) is 9.18 Å². The molecule has 1 unspecified atom stereocenters. The summed E-state index contributed by atoms with van der Waals surface area (Å²) < 4.78 is 20.5. The van der Waals surface area contributed by atoms with Gasteiger partial charge in [-0.3, -0.25) is 9.69 Å². The van der Waals surface area contributed by atoms with Gasteiger partial charge in [0.15, 0.2) is 0 Å². The van der Waals surface area contributed by atoms with Crippen molar-refractivity contribution in [2.45, 2.75) is 58.1 Å². The van der Waals surface area contributed by atoms with Crippen LogP contribution in [-0.2, 0) is 22.6 Å². The van der Waals surface area contributed by atoms with E-state index < -0.39 is 5.97 Å². The third-order valence-corrected chi connectivity index (χ3v) is 5.84. The van der Waals surface area contributed by atoms with Gasteiger partial charge in [-0.1, -0.05) is 36.4 Å². The zero-order chi connectivity index (χ0) is 21.5. The number of carboxylic acids is 1. The molecule has 162 valence electrons. The van der Waals surface area contributed by atoms with Crippen molar-refractivity contribution < 1.29 is 19.0 Å². The molecule has 0 amide bonds. The van der Waals surface area contributed by atoms with Gasteiger partial charge in [0.1, 0.15) is 18.2 Å². The monoisotopic (exact) mass is 413 g/mol. The molecule has 1 heterocycles. The molecule has 0 radical (unpaired) electrons. The highest BCUT2D eigenvalue weighted by Crippen LogP contribution is 2.33. The van der Waals surface area contributed by atoms with Crippen LogP contribution >= 0.6 is 0 Å². The summed E-state index contributed by atoms with van der Waals surface area (Å²) in [4.78, 5) is 13.2. The average molecular weight is 414 g/mol. The minimum atomic E-state index is -0.925. The molecule has 1 aliphatic carbocycles. The Morgan fingerprint density at radius 3 is 2.83 bits per heavy atom. The van der Waals surface area contributed by atoms with Gasteiger partial charge < -0.3 is 9.84 Å². The first-order valence-electron chi connectivity index (χ1n) is 10.9. The van der Waals surface area contributed by atoms with Crippen LogP contribution in [0.15, 0.2) is 54.3 Å². The van der Waals surface area contributed by atoms with Gasteiger partial charge in [0.25, 0.3) is 0 Å². The van der Waals surface area contributed by atoms with Gasteiger partial charge in [0.2, 0.25) is 0 Å². The van der Waals surface area contributed by atoms with Gasteiger partial charge >= 0.3 is 5.97 Å². The summed E-state index contributed by atoms with van der Waals surface area (Å²) in [5, 5.41) is 8.79. The number of aryl methyl sites for hydroxylation is 1. The van der Waals surface area contributed by atoms with Gasteiger partial charge in [0, 0.05) is 13.0 Å². The van der Waals surface area contributed by atoms with Crippen molar-refractivity contribution >= 4 is 5.97 Å². The molecule has 0 aromatic heterocycles. The highest BCUT2D eigenvalue weighted by Gasteiger charge is 2.30. The van der Waals surface area contributed by atoms with Crippen molar-refractivity contribution in [2.24, 2.45) is 5.92 Å². The van der Waals surface area contributed by atoms with Crippen LogP contribution in [0.4, 0.5) is 4.39 Å². The van der Waals surface area contributed by atoms with Crippen LogP contribution in [0.1, 0.15) is 50.2 Å². The number of ether oxygens (including phenoxy) is 1. The van der Waals surface area contributed by atoms with E-state index in [0.717, 1.165) is 43.2 Å². The van der Waals surface area contributed by atoms with E-state index in [0.29, 0.717) is 5.56 Å². The minimum absolute atomic E-state index is 0.0748. The molecule has 1 aliphatic heterocycles. The third-order valence-electron chi connectivity index (χ3n) is 5.84. The van der Waals surface area contributed by atoms with Crippen LogP contribution in [-0.4, -0.2) is 35.1 Å². The molecule has 5 heteroatoms. The highest BCUT2D eigenvalue weighted by molar-refractivity contribution is 5.67. The SMILES string of the molecule is C=CC1=CC(/C(=C\C)OCc2ccc(CCC(=O)O)c(F)c2)N(CC2CC2)CCC1. The molecule has 1 saturated carbocycles. The van der Waals surface area contributed by atoms with Crippen molar-refractivity contribution in [2.75, 3.05) is 13.1 Å². The third kappa shape index (κ3) is 6.30. The predicted octanol–water partition coefficient (Wildman–Crippen LogP) is 5.25. The quantitative estimate of drug-likeness (QED) is 0.532. The second kappa shape index (κ2) is 10.6. The number of nitrogens with zero attached hydrogens (tertiary/aromatic N) is 1. The first-order valence-corrected chi connectivity index (χ1v) is 10.9. The van der Waals surface area contributed by atoms with Crippen molar-refractivity contribution in [3.8, 4) is 0 Å². The van der Waals surface area contributed by atoms with E-state index in [1.807, 2.05) is 25.1 Å². The number of rotatable bonds is 10. The Hall–Kier alpha value is -2.40. The minimum Gasteiger partial charge on any atom is -0.492 e. The topological polar surface area (TPSA) is 49.8 Å². The first kappa shape index (κ1) is 22.3. The van der Waals surface area contributed by atoms with Crippen molar-refractivity contribution in [1.82, 2.24) is 4.90 Å². The van der Waals surface area contributed by atoms with Gasteiger partial charge in [-0.2, -0.15) is 0 Å². The summed E-state index contributed by atoms with van der Waals surface area (Å²) in [6.45, 7) is 8.33. The van der Waals surface area contributed by atoms with Gasteiger partial charge in [-0.25, -0.2) is 4.39 Å². The van der Waals surface area contributed by atoms with Crippen LogP contribution in [0.3, 0.4) is 0 Å². The Labute approximate surface area is 178 Å². The fraction of sp³-hybridized carbons (Fsp3) is 0.480. The largest absolute Gasteiger partial charge is 0.492 e. The fourth-order valence-corrected chi connectivity index (χ4v) is 3.92. The summed E-state index contributed by atoms with van der Waals surface area (Å²) in [6, 6.07) is 5.00. The normalized spacial score (nSPS) is 20.4. The van der Waals surface area contributed by atoms with E-state index in [2.05, 4.69) is 17.6 Å². The molecule has 0 spiro atoms. The summed E-state index contributed by atoms with van der Waals surface area (Å²) in [5.74, 6) is 0.368. The standard InChI is InChI=1S/C25H32FNO3/c1-3-18-6-5-13-27(16-19-7-8-19)23(15-18)24(4-2)30-17-20-9-10-21(22(26)14-20)11-12-25(28)29/h3-4,9-10,14-15,19,23H,1,5-8,11-13,16-17H2,2H3,(H,28,29)/b24-4+. The average Bonchev–Trinajstić information content (AvgIpc) is 3.56. The Morgan fingerprint density at radius 2 is 2.20 bits per heavy atom.